The predicted octanol–water partition coefficient (Wildman–Crippen LogP) is 3.95. The first-order valence-corrected chi connectivity index (χ1v) is 5.04. The Morgan fingerprint density at radius 2 is 1.53 bits per heavy atom. The minimum Gasteiger partial charge on any atom is -0.369 e. The molecule has 1 aromatic rings. The van der Waals surface area contributed by atoms with Crippen LogP contribution in [0.15, 0.2) is 24.8 Å². The van der Waals surface area contributed by atoms with E-state index in [9.17, 15) is 31.4 Å². The first kappa shape index (κ1) is 15.6. The van der Waals surface area contributed by atoms with Crippen LogP contribution >= 0.6 is 0 Å². The Morgan fingerprint density at radius 1 is 1.05 bits per heavy atom. The molecule has 0 bridgehead atoms. The van der Waals surface area contributed by atoms with Crippen LogP contribution in [0.2, 0.25) is 0 Å². The maximum absolute atomic E-state index is 12.7. The second-order valence-electron chi connectivity index (χ2n) is 3.98. The van der Waals surface area contributed by atoms with Gasteiger partial charge in [0.1, 0.15) is 0 Å². The minimum atomic E-state index is -5.88. The lowest BCUT2D eigenvalue weighted by Crippen LogP contribution is -2.54. The molecule has 0 saturated heterocycles. The van der Waals surface area contributed by atoms with Gasteiger partial charge in [-0.1, -0.05) is 24.8 Å². The third kappa shape index (κ3) is 2.47. The molecule has 0 saturated carbocycles. The Morgan fingerprint density at radius 3 is 1.89 bits per heavy atom. The molecule has 1 rings (SSSR count). The quantitative estimate of drug-likeness (QED) is 0.815. The molecule has 0 aliphatic heterocycles. The normalized spacial score (nSPS) is 13.5. The average molecular weight is 284 g/mol. The number of alkyl halides is 6. The van der Waals surface area contributed by atoms with Crippen LogP contribution in [0.1, 0.15) is 16.7 Å². The number of aryl methyl sites for hydroxylation is 1. The SMILES string of the molecule is C=Cc1ccc(C)c(C(O)(C(F)(F)F)C(F)(F)F)c1. The summed E-state index contributed by atoms with van der Waals surface area (Å²) < 4.78 is 76.2. The van der Waals surface area contributed by atoms with Crippen molar-refractivity contribution in [2.24, 2.45) is 0 Å². The van der Waals surface area contributed by atoms with Gasteiger partial charge in [0.15, 0.2) is 0 Å². The van der Waals surface area contributed by atoms with Crippen LogP contribution in [0.4, 0.5) is 26.3 Å². The Kier molecular flexibility index (Phi) is 3.73. The molecule has 7 heteroatoms. The molecule has 0 aliphatic rings. The Hall–Kier alpha value is -1.50. The van der Waals surface area contributed by atoms with Gasteiger partial charge in [0, 0.05) is 5.56 Å². The van der Waals surface area contributed by atoms with E-state index in [1.54, 1.807) is 0 Å². The van der Waals surface area contributed by atoms with E-state index in [4.69, 9.17) is 0 Å². The number of benzene rings is 1. The van der Waals surface area contributed by atoms with E-state index in [1.807, 2.05) is 0 Å². The monoisotopic (exact) mass is 284 g/mol. The van der Waals surface area contributed by atoms with Crippen LogP contribution in [-0.2, 0) is 5.60 Å². The largest absolute Gasteiger partial charge is 0.430 e. The molecule has 19 heavy (non-hydrogen) atoms. The van der Waals surface area contributed by atoms with Gasteiger partial charge in [-0.15, -0.1) is 0 Å². The number of hydrogen-bond acceptors (Lipinski definition) is 1. The van der Waals surface area contributed by atoms with Gasteiger partial charge >= 0.3 is 12.4 Å². The van der Waals surface area contributed by atoms with Crippen LogP contribution in [-0.4, -0.2) is 17.5 Å². The molecule has 0 fully saturated rings. The Bertz CT molecular complexity index is 472. The van der Waals surface area contributed by atoms with Gasteiger partial charge in [0.25, 0.3) is 5.60 Å². The molecule has 0 atom stereocenters. The van der Waals surface area contributed by atoms with Gasteiger partial charge in [-0.05, 0) is 24.1 Å². The first-order chi connectivity index (χ1) is 8.45. The molecule has 0 radical (unpaired) electrons. The summed E-state index contributed by atoms with van der Waals surface area (Å²) in [5, 5.41) is 9.27. The van der Waals surface area contributed by atoms with Crippen molar-refractivity contribution in [3.63, 3.8) is 0 Å². The highest BCUT2D eigenvalue weighted by atomic mass is 19.4. The number of aliphatic hydroxyl groups is 1. The molecule has 0 aliphatic carbocycles. The van der Waals surface area contributed by atoms with Gasteiger partial charge in [0.05, 0.1) is 0 Å². The number of halogens is 6. The second kappa shape index (κ2) is 4.56. The summed E-state index contributed by atoms with van der Waals surface area (Å²) in [7, 11) is 0. The van der Waals surface area contributed by atoms with Crippen LogP contribution in [0.3, 0.4) is 0 Å². The molecule has 0 heterocycles. The van der Waals surface area contributed by atoms with Gasteiger partial charge in [-0.3, -0.25) is 0 Å². The fourth-order valence-electron chi connectivity index (χ4n) is 1.62. The summed E-state index contributed by atoms with van der Waals surface area (Å²) in [6.07, 6.45) is -10.7. The smallest absolute Gasteiger partial charge is 0.369 e. The first-order valence-electron chi connectivity index (χ1n) is 5.04. The van der Waals surface area contributed by atoms with Crippen LogP contribution < -0.4 is 0 Å². The van der Waals surface area contributed by atoms with Crippen molar-refractivity contribution in [2.45, 2.75) is 24.9 Å². The molecule has 1 aromatic carbocycles. The third-order valence-electron chi connectivity index (χ3n) is 2.71. The maximum atomic E-state index is 12.7. The lowest BCUT2D eigenvalue weighted by atomic mass is 9.87. The minimum absolute atomic E-state index is 0.0486. The van der Waals surface area contributed by atoms with Crippen molar-refractivity contribution in [2.75, 3.05) is 0 Å². The van der Waals surface area contributed by atoms with Crippen LogP contribution in [0.25, 0.3) is 6.08 Å². The Labute approximate surface area is 105 Å². The topological polar surface area (TPSA) is 20.2 Å². The molecule has 1 N–H and O–H groups in total. The standard InChI is InChI=1S/C12H10F6O/c1-3-8-5-4-7(2)9(6-8)10(19,11(13,14)15)12(16,17)18/h3-6,19H,1H2,2H3. The van der Waals surface area contributed by atoms with E-state index in [0.29, 0.717) is 6.07 Å². The summed E-state index contributed by atoms with van der Waals surface area (Å²) in [5.74, 6) is 0. The van der Waals surface area contributed by atoms with Crippen LogP contribution in [0, 0.1) is 6.92 Å². The van der Waals surface area contributed by atoms with Crippen molar-refractivity contribution < 1.29 is 31.4 Å². The summed E-state index contributed by atoms with van der Waals surface area (Å²) in [4.78, 5) is 0. The van der Waals surface area contributed by atoms with E-state index in [2.05, 4.69) is 6.58 Å². The molecule has 0 spiro atoms. The zero-order valence-corrected chi connectivity index (χ0v) is 9.73. The van der Waals surface area contributed by atoms with Crippen molar-refractivity contribution in [3.05, 3.63) is 41.5 Å². The zero-order chi connectivity index (χ0) is 15.1. The number of hydrogen-bond donors (Lipinski definition) is 1. The van der Waals surface area contributed by atoms with Crippen LogP contribution in [0.5, 0.6) is 0 Å². The highest BCUT2D eigenvalue weighted by Crippen LogP contribution is 2.50. The van der Waals surface area contributed by atoms with Crippen molar-refractivity contribution in [3.8, 4) is 0 Å². The van der Waals surface area contributed by atoms with E-state index in [-0.39, 0.29) is 11.1 Å². The molecular formula is C12H10F6O. The third-order valence-corrected chi connectivity index (χ3v) is 2.71. The van der Waals surface area contributed by atoms with Crippen molar-refractivity contribution in [1.82, 2.24) is 0 Å². The van der Waals surface area contributed by atoms with Crippen molar-refractivity contribution >= 4 is 6.08 Å². The van der Waals surface area contributed by atoms with Gasteiger partial charge in [-0.2, -0.15) is 26.3 Å². The molecule has 0 unspecified atom stereocenters. The predicted molar refractivity (Wildman–Crippen MR) is 57.3 cm³/mol. The maximum Gasteiger partial charge on any atom is 0.430 e. The highest BCUT2D eigenvalue weighted by Gasteiger charge is 2.71. The average Bonchev–Trinajstić information content (AvgIpc) is 2.25. The number of rotatable bonds is 2. The highest BCUT2D eigenvalue weighted by molar-refractivity contribution is 5.51. The Balaban J connectivity index is 3.65. The van der Waals surface area contributed by atoms with Gasteiger partial charge in [0.2, 0.25) is 0 Å². The molecular weight excluding hydrogens is 274 g/mol. The van der Waals surface area contributed by atoms with E-state index >= 15 is 0 Å². The zero-order valence-electron chi connectivity index (χ0n) is 9.73. The lowest BCUT2D eigenvalue weighted by molar-refractivity contribution is -0.376. The van der Waals surface area contributed by atoms with E-state index < -0.39 is 23.5 Å². The fraction of sp³-hybridized carbons (Fsp3) is 0.333. The van der Waals surface area contributed by atoms with Crippen molar-refractivity contribution in [1.29, 1.82) is 0 Å². The fourth-order valence-corrected chi connectivity index (χ4v) is 1.62. The molecule has 106 valence electrons. The lowest BCUT2D eigenvalue weighted by Gasteiger charge is -2.33. The summed E-state index contributed by atoms with van der Waals surface area (Å²) >= 11 is 0. The second-order valence-corrected chi connectivity index (χ2v) is 3.98. The van der Waals surface area contributed by atoms with Gasteiger partial charge < -0.3 is 5.11 Å². The molecule has 0 aromatic heterocycles. The molecule has 0 amide bonds. The summed E-state index contributed by atoms with van der Waals surface area (Å²) in [6.45, 7) is 4.32. The van der Waals surface area contributed by atoms with E-state index in [0.717, 1.165) is 19.1 Å². The molecule has 1 nitrogen and oxygen atoms in total. The van der Waals surface area contributed by atoms with Gasteiger partial charge in [-0.25, -0.2) is 0 Å². The summed E-state index contributed by atoms with van der Waals surface area (Å²) in [5.41, 5.74) is -6.41. The van der Waals surface area contributed by atoms with E-state index in [1.165, 1.54) is 6.07 Å². The summed E-state index contributed by atoms with van der Waals surface area (Å²) in [6, 6.07) is 3.00.